The van der Waals surface area contributed by atoms with Crippen molar-refractivity contribution in [1.29, 1.82) is 0 Å². The van der Waals surface area contributed by atoms with Gasteiger partial charge in [0.1, 0.15) is 5.60 Å². The van der Waals surface area contributed by atoms with Gasteiger partial charge in [-0.2, -0.15) is 0 Å². The summed E-state index contributed by atoms with van der Waals surface area (Å²) in [5.74, 6) is -0.0700. The lowest BCUT2D eigenvalue weighted by Gasteiger charge is -2.20. The number of anilines is 1. The molecular weight excluding hydrogens is 256 g/mol. The first-order chi connectivity index (χ1) is 9.17. The third kappa shape index (κ3) is 2.92. The van der Waals surface area contributed by atoms with Crippen molar-refractivity contribution in [2.75, 3.05) is 5.32 Å². The molecule has 20 heavy (non-hydrogen) atoms. The van der Waals surface area contributed by atoms with Gasteiger partial charge >= 0.3 is 6.09 Å². The highest BCUT2D eigenvalue weighted by Crippen LogP contribution is 2.30. The molecule has 0 saturated heterocycles. The Hall–Kier alpha value is -2.04. The molecule has 0 fully saturated rings. The minimum absolute atomic E-state index is 0.0442. The molecule has 0 radical (unpaired) electrons. The van der Waals surface area contributed by atoms with Gasteiger partial charge in [-0.25, -0.2) is 4.79 Å². The summed E-state index contributed by atoms with van der Waals surface area (Å²) in [5, 5.41) is 5.58. The molecule has 1 aromatic carbocycles. The SMILES string of the molecule is Cc1cc2c(cc1NC(=O)OC(C)(C)C)C(C)NC2=O. The van der Waals surface area contributed by atoms with Crippen molar-refractivity contribution in [3.05, 3.63) is 28.8 Å². The quantitative estimate of drug-likeness (QED) is 0.828. The van der Waals surface area contributed by atoms with E-state index < -0.39 is 11.7 Å². The van der Waals surface area contributed by atoms with Crippen molar-refractivity contribution in [1.82, 2.24) is 5.32 Å². The maximum Gasteiger partial charge on any atom is 0.412 e. The number of aryl methyl sites for hydroxylation is 1. The van der Waals surface area contributed by atoms with Gasteiger partial charge in [0.2, 0.25) is 0 Å². The molecular formula is C15H20N2O3. The molecule has 5 nitrogen and oxygen atoms in total. The Bertz CT molecular complexity index is 573. The zero-order chi connectivity index (χ0) is 15.1. The van der Waals surface area contributed by atoms with Crippen LogP contribution in [0.1, 0.15) is 55.2 Å². The van der Waals surface area contributed by atoms with Crippen LogP contribution >= 0.6 is 0 Å². The number of fused-ring (bicyclic) bond motifs is 1. The van der Waals surface area contributed by atoms with Crippen molar-refractivity contribution < 1.29 is 14.3 Å². The lowest BCUT2D eigenvalue weighted by molar-refractivity contribution is 0.0635. The number of hydrogen-bond acceptors (Lipinski definition) is 3. The summed E-state index contributed by atoms with van der Waals surface area (Å²) in [7, 11) is 0. The smallest absolute Gasteiger partial charge is 0.412 e. The molecule has 1 unspecified atom stereocenters. The van der Waals surface area contributed by atoms with Crippen molar-refractivity contribution in [2.45, 2.75) is 46.3 Å². The van der Waals surface area contributed by atoms with E-state index in [1.807, 2.05) is 40.7 Å². The molecule has 108 valence electrons. The number of carbonyl (C=O) groups excluding carboxylic acids is 2. The molecule has 0 aromatic heterocycles. The monoisotopic (exact) mass is 276 g/mol. The third-order valence-electron chi connectivity index (χ3n) is 3.09. The number of hydrogen-bond donors (Lipinski definition) is 2. The normalized spacial score (nSPS) is 17.4. The second kappa shape index (κ2) is 4.81. The second-order valence-electron chi connectivity index (χ2n) is 6.08. The summed E-state index contributed by atoms with van der Waals surface area (Å²) in [5.41, 5.74) is 2.52. The van der Waals surface area contributed by atoms with E-state index in [1.54, 1.807) is 6.07 Å². The minimum atomic E-state index is -0.542. The maximum atomic E-state index is 11.8. The van der Waals surface area contributed by atoms with Crippen molar-refractivity contribution >= 4 is 17.7 Å². The van der Waals surface area contributed by atoms with Crippen LogP contribution in [0.25, 0.3) is 0 Å². The van der Waals surface area contributed by atoms with Crippen LogP contribution in [0.5, 0.6) is 0 Å². The van der Waals surface area contributed by atoms with E-state index in [4.69, 9.17) is 4.74 Å². The van der Waals surface area contributed by atoms with Crippen LogP contribution in [0.3, 0.4) is 0 Å². The number of amides is 2. The standard InChI is InChI=1S/C15H20N2O3/c1-8-6-11-10(9(2)16-13(11)18)7-12(8)17-14(19)20-15(3,4)5/h6-7,9H,1-5H3,(H,16,18)(H,17,19). The minimum Gasteiger partial charge on any atom is -0.444 e. The van der Waals surface area contributed by atoms with Gasteiger partial charge in [0.05, 0.1) is 6.04 Å². The topological polar surface area (TPSA) is 67.4 Å². The Labute approximate surface area is 118 Å². The molecule has 2 amide bonds. The van der Waals surface area contributed by atoms with Gasteiger partial charge in [-0.05, 0) is 57.9 Å². The third-order valence-corrected chi connectivity index (χ3v) is 3.09. The Morgan fingerprint density at radius 3 is 2.60 bits per heavy atom. The van der Waals surface area contributed by atoms with Crippen LogP contribution in [0.15, 0.2) is 12.1 Å². The Morgan fingerprint density at radius 2 is 2.00 bits per heavy atom. The van der Waals surface area contributed by atoms with E-state index >= 15 is 0 Å². The molecule has 1 aliphatic heterocycles. The molecule has 1 aromatic rings. The molecule has 2 rings (SSSR count). The lowest BCUT2D eigenvalue weighted by Crippen LogP contribution is -2.27. The van der Waals surface area contributed by atoms with E-state index in [0.717, 1.165) is 11.1 Å². The van der Waals surface area contributed by atoms with E-state index in [1.165, 1.54) is 0 Å². The van der Waals surface area contributed by atoms with Crippen LogP contribution in [-0.2, 0) is 4.74 Å². The fourth-order valence-corrected chi connectivity index (χ4v) is 2.18. The maximum absolute atomic E-state index is 11.8. The fourth-order valence-electron chi connectivity index (χ4n) is 2.18. The van der Waals surface area contributed by atoms with Gasteiger partial charge in [0.15, 0.2) is 0 Å². The fraction of sp³-hybridized carbons (Fsp3) is 0.467. The van der Waals surface area contributed by atoms with Gasteiger partial charge in [-0.3, -0.25) is 10.1 Å². The predicted octanol–water partition coefficient (Wildman–Crippen LogP) is 3.15. The number of benzene rings is 1. The average Bonchev–Trinajstić information content (AvgIpc) is 2.53. The summed E-state index contributed by atoms with van der Waals surface area (Å²) in [4.78, 5) is 23.5. The molecule has 0 saturated carbocycles. The van der Waals surface area contributed by atoms with Gasteiger partial charge in [0.25, 0.3) is 5.91 Å². The van der Waals surface area contributed by atoms with Crippen LogP contribution < -0.4 is 10.6 Å². The number of nitrogens with one attached hydrogen (secondary N) is 2. The zero-order valence-electron chi connectivity index (χ0n) is 12.5. The summed E-state index contributed by atoms with van der Waals surface area (Å²) >= 11 is 0. The Morgan fingerprint density at radius 1 is 1.35 bits per heavy atom. The molecule has 2 N–H and O–H groups in total. The van der Waals surface area contributed by atoms with Crippen molar-refractivity contribution in [3.63, 3.8) is 0 Å². The highest BCUT2D eigenvalue weighted by atomic mass is 16.6. The van der Waals surface area contributed by atoms with E-state index in [-0.39, 0.29) is 11.9 Å². The summed E-state index contributed by atoms with van der Waals surface area (Å²) in [6.45, 7) is 9.20. The number of carbonyl (C=O) groups is 2. The summed E-state index contributed by atoms with van der Waals surface area (Å²) < 4.78 is 5.23. The molecule has 0 bridgehead atoms. The van der Waals surface area contributed by atoms with E-state index in [2.05, 4.69) is 10.6 Å². The summed E-state index contributed by atoms with van der Waals surface area (Å²) in [6, 6.07) is 3.58. The molecule has 5 heteroatoms. The summed E-state index contributed by atoms with van der Waals surface area (Å²) in [6.07, 6.45) is -0.495. The Balaban J connectivity index is 2.24. The van der Waals surface area contributed by atoms with Gasteiger partial charge in [-0.1, -0.05) is 0 Å². The van der Waals surface area contributed by atoms with E-state index in [9.17, 15) is 9.59 Å². The number of rotatable bonds is 1. The van der Waals surface area contributed by atoms with Crippen LogP contribution in [-0.4, -0.2) is 17.6 Å². The highest BCUT2D eigenvalue weighted by molar-refractivity contribution is 6.00. The first-order valence-corrected chi connectivity index (χ1v) is 6.63. The molecule has 1 aliphatic rings. The van der Waals surface area contributed by atoms with Crippen molar-refractivity contribution in [2.24, 2.45) is 0 Å². The molecule has 1 heterocycles. The highest BCUT2D eigenvalue weighted by Gasteiger charge is 2.27. The van der Waals surface area contributed by atoms with Gasteiger partial charge < -0.3 is 10.1 Å². The van der Waals surface area contributed by atoms with Crippen LogP contribution in [0.4, 0.5) is 10.5 Å². The molecule has 0 aliphatic carbocycles. The molecule has 1 atom stereocenters. The first kappa shape index (κ1) is 14.4. The Kier molecular flexibility index (Phi) is 3.46. The lowest BCUT2D eigenvalue weighted by atomic mass is 10.0. The van der Waals surface area contributed by atoms with Gasteiger partial charge in [0, 0.05) is 11.3 Å². The second-order valence-corrected chi connectivity index (χ2v) is 6.08. The zero-order valence-corrected chi connectivity index (χ0v) is 12.5. The van der Waals surface area contributed by atoms with Crippen LogP contribution in [0.2, 0.25) is 0 Å². The number of ether oxygens (including phenoxy) is 1. The van der Waals surface area contributed by atoms with Crippen LogP contribution in [0, 0.1) is 6.92 Å². The van der Waals surface area contributed by atoms with E-state index in [0.29, 0.717) is 11.3 Å². The van der Waals surface area contributed by atoms with Gasteiger partial charge in [-0.15, -0.1) is 0 Å². The molecule has 0 spiro atoms. The first-order valence-electron chi connectivity index (χ1n) is 6.63. The largest absolute Gasteiger partial charge is 0.444 e. The predicted molar refractivity (Wildman–Crippen MR) is 76.9 cm³/mol. The average molecular weight is 276 g/mol. The van der Waals surface area contributed by atoms with Crippen molar-refractivity contribution in [3.8, 4) is 0 Å².